The summed E-state index contributed by atoms with van der Waals surface area (Å²) in [7, 11) is 0. The van der Waals surface area contributed by atoms with Crippen LogP contribution in [0.5, 0.6) is 5.75 Å². The molecule has 2 unspecified atom stereocenters. The minimum absolute atomic E-state index is 0.141. The van der Waals surface area contributed by atoms with Gasteiger partial charge in [-0.25, -0.2) is 0 Å². The molecule has 0 heterocycles. The van der Waals surface area contributed by atoms with Crippen molar-refractivity contribution in [3.05, 3.63) is 29.8 Å². The summed E-state index contributed by atoms with van der Waals surface area (Å²) in [5.74, 6) is 0.989. The number of hydrogen-bond donors (Lipinski definition) is 1. The summed E-state index contributed by atoms with van der Waals surface area (Å²) in [5, 5.41) is 3.50. The molecule has 0 radical (unpaired) electrons. The van der Waals surface area contributed by atoms with Gasteiger partial charge in [0.05, 0.1) is 0 Å². The van der Waals surface area contributed by atoms with Crippen LogP contribution in [0.15, 0.2) is 24.3 Å². The molecule has 100 valence electrons. The van der Waals surface area contributed by atoms with Crippen LogP contribution in [0.2, 0.25) is 0 Å². The predicted molar refractivity (Wildman–Crippen MR) is 66.8 cm³/mol. The lowest BCUT2D eigenvalue weighted by atomic mass is 10.1. The molecule has 0 aromatic heterocycles. The van der Waals surface area contributed by atoms with Crippen LogP contribution in [0, 0.1) is 5.92 Å². The molecule has 1 aromatic rings. The summed E-state index contributed by atoms with van der Waals surface area (Å²) in [6, 6.07) is 7.50. The molecule has 4 heteroatoms. The van der Waals surface area contributed by atoms with E-state index >= 15 is 0 Å². The molecule has 0 bridgehead atoms. The predicted octanol–water partition coefficient (Wildman–Crippen LogP) is 3.74. The van der Waals surface area contributed by atoms with Crippen molar-refractivity contribution >= 4 is 0 Å². The molecule has 1 fully saturated rings. The molecule has 2 atom stereocenters. The van der Waals surface area contributed by atoms with Crippen molar-refractivity contribution in [2.24, 2.45) is 5.92 Å². The molecule has 2 rings (SSSR count). The van der Waals surface area contributed by atoms with Crippen molar-refractivity contribution in [3.8, 4) is 5.75 Å². The second kappa shape index (κ2) is 5.65. The highest BCUT2D eigenvalue weighted by Gasteiger charge is 2.28. The van der Waals surface area contributed by atoms with E-state index in [2.05, 4.69) is 17.0 Å². The molecule has 1 saturated carbocycles. The number of nitrogens with one attached hydrogen (secondary N) is 1. The Bertz CT molecular complexity index is 393. The highest BCUT2D eigenvalue weighted by molar-refractivity contribution is 5.30. The van der Waals surface area contributed by atoms with E-state index in [1.165, 1.54) is 12.8 Å². The molecule has 1 aliphatic rings. The van der Waals surface area contributed by atoms with E-state index in [4.69, 9.17) is 0 Å². The lowest BCUT2D eigenvalue weighted by Crippen LogP contribution is -2.30. The number of alkyl halides is 2. The normalized spacial score (nSPS) is 18.7. The van der Waals surface area contributed by atoms with Gasteiger partial charge >= 0.3 is 6.61 Å². The van der Waals surface area contributed by atoms with Gasteiger partial charge in [0, 0.05) is 12.1 Å². The van der Waals surface area contributed by atoms with Crippen molar-refractivity contribution in [2.75, 3.05) is 0 Å². The average molecular weight is 255 g/mol. The summed E-state index contributed by atoms with van der Waals surface area (Å²) in [4.78, 5) is 0. The van der Waals surface area contributed by atoms with E-state index in [0.717, 1.165) is 11.5 Å². The van der Waals surface area contributed by atoms with Gasteiger partial charge in [0.15, 0.2) is 0 Å². The number of ether oxygens (including phenoxy) is 1. The van der Waals surface area contributed by atoms with Crippen molar-refractivity contribution < 1.29 is 13.5 Å². The summed E-state index contributed by atoms with van der Waals surface area (Å²) in [5.41, 5.74) is 0.973. The van der Waals surface area contributed by atoms with E-state index in [-0.39, 0.29) is 11.8 Å². The van der Waals surface area contributed by atoms with Crippen LogP contribution >= 0.6 is 0 Å². The first kappa shape index (κ1) is 13.3. The van der Waals surface area contributed by atoms with Gasteiger partial charge in [0.2, 0.25) is 0 Å². The van der Waals surface area contributed by atoms with Gasteiger partial charge in [0.1, 0.15) is 5.75 Å². The van der Waals surface area contributed by atoms with E-state index in [1.54, 1.807) is 18.2 Å². The van der Waals surface area contributed by atoms with Crippen molar-refractivity contribution in [3.63, 3.8) is 0 Å². The maximum atomic E-state index is 12.1. The van der Waals surface area contributed by atoms with E-state index in [0.29, 0.717) is 6.04 Å². The molecular weight excluding hydrogens is 236 g/mol. The Labute approximate surface area is 106 Å². The fourth-order valence-corrected chi connectivity index (χ4v) is 2.18. The quantitative estimate of drug-likeness (QED) is 0.836. The number of hydrogen-bond acceptors (Lipinski definition) is 2. The number of halogens is 2. The minimum Gasteiger partial charge on any atom is -0.435 e. The van der Waals surface area contributed by atoms with Crippen molar-refractivity contribution in [2.45, 2.75) is 45.4 Å². The first-order valence-electron chi connectivity index (χ1n) is 6.37. The first-order valence-corrected chi connectivity index (χ1v) is 6.37. The molecular formula is C14H19F2NO. The Balaban J connectivity index is 1.97. The fraction of sp³-hybridized carbons (Fsp3) is 0.571. The Kier molecular flexibility index (Phi) is 4.17. The average Bonchev–Trinajstić information content (AvgIpc) is 3.12. The highest BCUT2D eigenvalue weighted by atomic mass is 19.3. The van der Waals surface area contributed by atoms with E-state index in [9.17, 15) is 8.78 Å². The van der Waals surface area contributed by atoms with Crippen LogP contribution in [0.25, 0.3) is 0 Å². The Hall–Kier alpha value is -1.16. The van der Waals surface area contributed by atoms with Crippen molar-refractivity contribution in [1.82, 2.24) is 5.32 Å². The zero-order valence-electron chi connectivity index (χ0n) is 10.7. The molecule has 1 N–H and O–H groups in total. The molecule has 18 heavy (non-hydrogen) atoms. The lowest BCUT2D eigenvalue weighted by Gasteiger charge is -2.20. The first-order chi connectivity index (χ1) is 8.56. The number of benzene rings is 1. The third-order valence-electron chi connectivity index (χ3n) is 3.43. The number of rotatable bonds is 6. The molecule has 0 aliphatic heterocycles. The smallest absolute Gasteiger partial charge is 0.387 e. The molecule has 1 aliphatic carbocycles. The molecule has 2 nitrogen and oxygen atoms in total. The summed E-state index contributed by atoms with van der Waals surface area (Å²) in [6.45, 7) is 1.45. The van der Waals surface area contributed by atoms with Gasteiger partial charge in [-0.15, -0.1) is 0 Å². The Morgan fingerprint density at radius 3 is 2.61 bits per heavy atom. The Morgan fingerprint density at radius 1 is 1.28 bits per heavy atom. The maximum absolute atomic E-state index is 12.1. The zero-order chi connectivity index (χ0) is 13.1. The largest absolute Gasteiger partial charge is 0.435 e. The van der Waals surface area contributed by atoms with Crippen molar-refractivity contribution in [1.29, 1.82) is 0 Å². The van der Waals surface area contributed by atoms with E-state index < -0.39 is 6.61 Å². The summed E-state index contributed by atoms with van der Waals surface area (Å²) >= 11 is 0. The zero-order valence-corrected chi connectivity index (χ0v) is 10.7. The third kappa shape index (κ3) is 3.67. The second-order valence-electron chi connectivity index (χ2n) is 4.97. The monoisotopic (exact) mass is 255 g/mol. The van der Waals surface area contributed by atoms with Gasteiger partial charge in [0.25, 0.3) is 0 Å². The topological polar surface area (TPSA) is 21.3 Å². The second-order valence-corrected chi connectivity index (χ2v) is 4.97. The van der Waals surface area contributed by atoms with Crippen LogP contribution in [-0.2, 0) is 0 Å². The highest BCUT2D eigenvalue weighted by Crippen LogP contribution is 2.33. The standard InChI is InChI=1S/C14H19F2NO/c1-9(11-6-7-11)17-10(2)12-4-3-5-13(8-12)18-14(15)16/h3-5,8-11,14,17H,6-7H2,1-2H3. The van der Waals surface area contributed by atoms with E-state index in [1.807, 2.05) is 13.0 Å². The Morgan fingerprint density at radius 2 is 2.00 bits per heavy atom. The molecule has 0 saturated heterocycles. The SMILES string of the molecule is CC(NC(C)C1CC1)c1cccc(OC(F)F)c1. The van der Waals surface area contributed by atoms with Gasteiger partial charge in [-0.3, -0.25) is 0 Å². The summed E-state index contributed by atoms with van der Waals surface area (Å²) < 4.78 is 28.7. The van der Waals surface area contributed by atoms with Crippen LogP contribution < -0.4 is 10.1 Å². The van der Waals surface area contributed by atoms with Crippen LogP contribution in [0.1, 0.15) is 38.3 Å². The lowest BCUT2D eigenvalue weighted by molar-refractivity contribution is -0.0499. The molecule has 0 spiro atoms. The minimum atomic E-state index is -2.77. The van der Waals surface area contributed by atoms with Crippen LogP contribution in [0.4, 0.5) is 8.78 Å². The van der Waals surface area contributed by atoms with Gasteiger partial charge in [-0.2, -0.15) is 8.78 Å². The molecule has 0 amide bonds. The van der Waals surface area contributed by atoms with Crippen LogP contribution in [0.3, 0.4) is 0 Å². The van der Waals surface area contributed by atoms with Gasteiger partial charge < -0.3 is 10.1 Å². The van der Waals surface area contributed by atoms with Crippen LogP contribution in [-0.4, -0.2) is 12.7 Å². The third-order valence-corrected chi connectivity index (χ3v) is 3.43. The fourth-order valence-electron chi connectivity index (χ4n) is 2.18. The van der Waals surface area contributed by atoms with Gasteiger partial charge in [-0.05, 0) is 50.3 Å². The molecule has 1 aromatic carbocycles. The summed E-state index contributed by atoms with van der Waals surface area (Å²) in [6.07, 6.45) is 2.57. The maximum Gasteiger partial charge on any atom is 0.387 e. The van der Waals surface area contributed by atoms with Gasteiger partial charge in [-0.1, -0.05) is 12.1 Å².